The number of aromatic amines is 2. The monoisotopic (exact) mass is 436 g/mol. The normalized spacial score (nSPS) is 11.5. The number of rotatable bonds is 6. The predicted octanol–water partition coefficient (Wildman–Crippen LogP) is 4.33. The molecule has 6 heterocycles. The third-order valence-electron chi connectivity index (χ3n) is 5.55. The third kappa shape index (κ3) is 3.44. The van der Waals surface area contributed by atoms with E-state index in [-0.39, 0.29) is 0 Å². The Morgan fingerprint density at radius 3 is 2.85 bits per heavy atom. The molecule has 0 saturated heterocycles. The summed E-state index contributed by atoms with van der Waals surface area (Å²) in [6.07, 6.45) is 10.6. The van der Waals surface area contributed by atoms with Crippen LogP contribution in [-0.2, 0) is 6.54 Å². The molecule has 6 aromatic heterocycles. The number of furan rings is 1. The van der Waals surface area contributed by atoms with Gasteiger partial charge in [-0.2, -0.15) is 5.10 Å². The summed E-state index contributed by atoms with van der Waals surface area (Å²) in [4.78, 5) is 21.7. The quantitative estimate of drug-likeness (QED) is 0.355. The van der Waals surface area contributed by atoms with Crippen molar-refractivity contribution in [2.75, 3.05) is 6.54 Å². The molecule has 0 aliphatic heterocycles. The Hall–Kier alpha value is -4.37. The van der Waals surface area contributed by atoms with Gasteiger partial charge in [0.25, 0.3) is 0 Å². The van der Waals surface area contributed by atoms with Crippen molar-refractivity contribution in [1.82, 2.24) is 40.4 Å². The topological polar surface area (TPSA) is 121 Å². The van der Waals surface area contributed by atoms with Crippen LogP contribution in [0.25, 0.3) is 56.0 Å². The summed E-state index contributed by atoms with van der Waals surface area (Å²) >= 11 is 0. The molecule has 0 aliphatic carbocycles. The van der Waals surface area contributed by atoms with Gasteiger partial charge in [0.1, 0.15) is 16.9 Å². The van der Waals surface area contributed by atoms with Crippen LogP contribution < -0.4 is 5.32 Å². The van der Waals surface area contributed by atoms with Crippen molar-refractivity contribution < 1.29 is 4.42 Å². The van der Waals surface area contributed by atoms with Crippen molar-refractivity contribution in [2.45, 2.75) is 13.5 Å². The standard InChI is InChI=1S/C24H20N8O/c1-2-25-9-14-7-16(11-26-10-14)17-8-18-21(31-32-23(18)28-12-17)24-29-19-3-5-27-20(22(19)30-24)15-4-6-33-13-15/h3-8,10-13,25H,2,9H2,1H3,(H,29,30)(H,28,31,32). The Kier molecular flexibility index (Phi) is 4.66. The van der Waals surface area contributed by atoms with E-state index in [0.29, 0.717) is 11.5 Å². The molecule has 3 N–H and O–H groups in total. The molecular weight excluding hydrogens is 416 g/mol. The number of H-pyrrole nitrogens is 2. The van der Waals surface area contributed by atoms with Crippen LogP contribution in [0.4, 0.5) is 0 Å². The number of fused-ring (bicyclic) bond motifs is 2. The third-order valence-corrected chi connectivity index (χ3v) is 5.55. The maximum atomic E-state index is 5.23. The summed E-state index contributed by atoms with van der Waals surface area (Å²) in [7, 11) is 0. The minimum atomic E-state index is 0.624. The van der Waals surface area contributed by atoms with E-state index in [1.165, 1.54) is 0 Å². The minimum Gasteiger partial charge on any atom is -0.472 e. The van der Waals surface area contributed by atoms with Crippen LogP contribution in [0.5, 0.6) is 0 Å². The molecule has 0 fully saturated rings. The van der Waals surface area contributed by atoms with Gasteiger partial charge in [-0.05, 0) is 36.4 Å². The van der Waals surface area contributed by atoms with Gasteiger partial charge >= 0.3 is 0 Å². The summed E-state index contributed by atoms with van der Waals surface area (Å²) in [5.41, 5.74) is 7.76. The van der Waals surface area contributed by atoms with Gasteiger partial charge in [-0.25, -0.2) is 9.97 Å². The average molecular weight is 436 g/mol. The van der Waals surface area contributed by atoms with E-state index in [0.717, 1.165) is 63.2 Å². The first-order chi connectivity index (χ1) is 16.3. The van der Waals surface area contributed by atoms with E-state index >= 15 is 0 Å². The molecule has 9 heteroatoms. The van der Waals surface area contributed by atoms with Crippen LogP contribution >= 0.6 is 0 Å². The number of hydrogen-bond donors (Lipinski definition) is 3. The van der Waals surface area contributed by atoms with Crippen LogP contribution in [0, 0.1) is 0 Å². The number of aromatic nitrogens is 7. The second kappa shape index (κ2) is 7.95. The maximum Gasteiger partial charge on any atom is 0.181 e. The Bertz CT molecular complexity index is 1560. The van der Waals surface area contributed by atoms with Crippen molar-refractivity contribution in [2.24, 2.45) is 0 Å². The molecular formula is C24H20N8O. The smallest absolute Gasteiger partial charge is 0.181 e. The predicted molar refractivity (Wildman–Crippen MR) is 125 cm³/mol. The fourth-order valence-corrected chi connectivity index (χ4v) is 3.91. The first-order valence-electron chi connectivity index (χ1n) is 10.7. The summed E-state index contributed by atoms with van der Waals surface area (Å²) in [6.45, 7) is 3.77. The van der Waals surface area contributed by atoms with Gasteiger partial charge in [-0.15, -0.1) is 0 Å². The zero-order valence-electron chi connectivity index (χ0n) is 17.8. The molecule has 0 saturated carbocycles. The van der Waals surface area contributed by atoms with Crippen LogP contribution in [0.2, 0.25) is 0 Å². The lowest BCUT2D eigenvalue weighted by atomic mass is 10.1. The van der Waals surface area contributed by atoms with Crippen molar-refractivity contribution in [3.8, 4) is 33.9 Å². The molecule has 0 radical (unpaired) electrons. The van der Waals surface area contributed by atoms with E-state index in [2.05, 4.69) is 54.5 Å². The zero-order valence-corrected chi connectivity index (χ0v) is 17.8. The summed E-state index contributed by atoms with van der Waals surface area (Å²) in [5, 5.41) is 11.7. The Balaban J connectivity index is 1.44. The molecule has 6 rings (SSSR count). The van der Waals surface area contributed by atoms with E-state index in [1.54, 1.807) is 18.7 Å². The lowest BCUT2D eigenvalue weighted by Gasteiger charge is -2.05. The van der Waals surface area contributed by atoms with Crippen LogP contribution in [0.15, 0.2) is 66.0 Å². The highest BCUT2D eigenvalue weighted by molar-refractivity contribution is 5.96. The number of nitrogens with one attached hydrogen (secondary N) is 3. The molecule has 6 aromatic rings. The van der Waals surface area contributed by atoms with E-state index in [4.69, 9.17) is 9.40 Å². The van der Waals surface area contributed by atoms with Gasteiger partial charge in [0.05, 0.1) is 23.4 Å². The molecule has 162 valence electrons. The molecule has 0 amide bonds. The van der Waals surface area contributed by atoms with Crippen molar-refractivity contribution in [3.05, 3.63) is 67.1 Å². The van der Waals surface area contributed by atoms with E-state index in [1.807, 2.05) is 30.7 Å². The second-order valence-electron chi connectivity index (χ2n) is 7.71. The van der Waals surface area contributed by atoms with Gasteiger partial charge in [-0.3, -0.25) is 15.1 Å². The molecule has 0 spiro atoms. The Morgan fingerprint density at radius 2 is 1.97 bits per heavy atom. The first-order valence-corrected chi connectivity index (χ1v) is 10.7. The van der Waals surface area contributed by atoms with Crippen molar-refractivity contribution in [3.63, 3.8) is 0 Å². The van der Waals surface area contributed by atoms with Crippen LogP contribution in [0.1, 0.15) is 12.5 Å². The first kappa shape index (κ1) is 19.3. The second-order valence-corrected chi connectivity index (χ2v) is 7.71. The number of imidazole rings is 1. The van der Waals surface area contributed by atoms with Gasteiger partial charge in [0.15, 0.2) is 11.5 Å². The molecule has 0 atom stereocenters. The van der Waals surface area contributed by atoms with E-state index in [9.17, 15) is 0 Å². The average Bonchev–Trinajstić information content (AvgIpc) is 3.61. The van der Waals surface area contributed by atoms with Crippen LogP contribution in [0.3, 0.4) is 0 Å². The van der Waals surface area contributed by atoms with E-state index < -0.39 is 0 Å². The van der Waals surface area contributed by atoms with Crippen LogP contribution in [-0.4, -0.2) is 41.7 Å². The molecule has 0 bridgehead atoms. The summed E-state index contributed by atoms with van der Waals surface area (Å²) in [6, 6.07) is 7.97. The van der Waals surface area contributed by atoms with Gasteiger partial charge in [0.2, 0.25) is 0 Å². The lowest BCUT2D eigenvalue weighted by Crippen LogP contribution is -2.11. The lowest BCUT2D eigenvalue weighted by molar-refractivity contribution is 0.568. The molecule has 33 heavy (non-hydrogen) atoms. The number of nitrogens with zero attached hydrogens (tertiary/aromatic N) is 5. The highest BCUT2D eigenvalue weighted by Gasteiger charge is 2.17. The molecule has 0 unspecified atom stereocenters. The van der Waals surface area contributed by atoms with Gasteiger partial charge in [-0.1, -0.05) is 6.92 Å². The fraction of sp³-hybridized carbons (Fsp3) is 0.125. The van der Waals surface area contributed by atoms with Gasteiger partial charge < -0.3 is 14.7 Å². The largest absolute Gasteiger partial charge is 0.472 e. The molecule has 9 nitrogen and oxygen atoms in total. The highest BCUT2D eigenvalue weighted by atomic mass is 16.3. The molecule has 0 aromatic carbocycles. The highest BCUT2D eigenvalue weighted by Crippen LogP contribution is 2.31. The fourth-order valence-electron chi connectivity index (χ4n) is 3.91. The summed E-state index contributed by atoms with van der Waals surface area (Å²) < 4.78 is 5.23. The van der Waals surface area contributed by atoms with Gasteiger partial charge in [0, 0.05) is 48.0 Å². The Morgan fingerprint density at radius 1 is 1.03 bits per heavy atom. The zero-order chi connectivity index (χ0) is 22.2. The maximum absolute atomic E-state index is 5.23. The SMILES string of the molecule is CCNCc1cncc(-c2cnc3n[nH]c(-c4nc5c(-c6ccoc6)nccc5[nH]4)c3c2)c1. The number of pyridine rings is 3. The number of hydrogen-bond acceptors (Lipinski definition) is 7. The summed E-state index contributed by atoms with van der Waals surface area (Å²) in [5.74, 6) is 0.670. The minimum absolute atomic E-state index is 0.624. The van der Waals surface area contributed by atoms with Crippen molar-refractivity contribution in [1.29, 1.82) is 0 Å². The molecule has 0 aliphatic rings. The Labute approximate surface area is 188 Å². The van der Waals surface area contributed by atoms with Crippen molar-refractivity contribution >= 4 is 22.1 Å².